The van der Waals surface area contributed by atoms with Crippen molar-refractivity contribution in [1.29, 1.82) is 0 Å². The Kier molecular flexibility index (Phi) is 5.34. The summed E-state index contributed by atoms with van der Waals surface area (Å²) in [5.41, 5.74) is 9.98. The molecule has 0 fully saturated rings. The van der Waals surface area contributed by atoms with E-state index >= 15 is 0 Å². The quantitative estimate of drug-likeness (QED) is 0.501. The summed E-state index contributed by atoms with van der Waals surface area (Å²) in [7, 11) is 3.16. The number of hydrogen-bond acceptors (Lipinski definition) is 7. The van der Waals surface area contributed by atoms with E-state index in [0.29, 0.717) is 34.2 Å². The van der Waals surface area contributed by atoms with Crippen LogP contribution in [0.4, 0.5) is 11.8 Å². The van der Waals surface area contributed by atoms with Gasteiger partial charge in [-0.3, -0.25) is 4.98 Å². The van der Waals surface area contributed by atoms with E-state index in [1.807, 2.05) is 24.3 Å². The van der Waals surface area contributed by atoms with E-state index < -0.39 is 0 Å². The molecule has 2 heterocycles. The molecule has 0 radical (unpaired) electrons. The summed E-state index contributed by atoms with van der Waals surface area (Å²) in [5, 5.41) is 4.10. The minimum absolute atomic E-state index is 0.233. The van der Waals surface area contributed by atoms with E-state index in [1.165, 1.54) is 0 Å². The Labute approximate surface area is 174 Å². The smallest absolute Gasteiger partial charge is 0.226 e. The topological polar surface area (TPSA) is 95.2 Å². The Bertz CT molecular complexity index is 1180. The number of nitrogen functional groups attached to an aromatic ring is 1. The van der Waals surface area contributed by atoms with Crippen LogP contribution >= 0.6 is 0 Å². The molecule has 2 aromatic carbocycles. The van der Waals surface area contributed by atoms with Gasteiger partial charge in [0, 0.05) is 17.6 Å². The first-order valence-corrected chi connectivity index (χ1v) is 9.52. The average Bonchev–Trinajstić information content (AvgIpc) is 2.77. The number of rotatable bonds is 6. The normalized spacial score (nSPS) is 11.8. The fourth-order valence-corrected chi connectivity index (χ4v) is 3.40. The summed E-state index contributed by atoms with van der Waals surface area (Å²) < 4.78 is 10.8. The van der Waals surface area contributed by atoms with Crippen molar-refractivity contribution >= 4 is 22.7 Å². The van der Waals surface area contributed by atoms with Gasteiger partial charge in [-0.05, 0) is 30.7 Å². The van der Waals surface area contributed by atoms with Crippen molar-refractivity contribution in [3.8, 4) is 11.5 Å². The maximum absolute atomic E-state index is 6.25. The lowest BCUT2D eigenvalue weighted by Gasteiger charge is -2.20. The van der Waals surface area contributed by atoms with Crippen LogP contribution in [-0.4, -0.2) is 29.2 Å². The van der Waals surface area contributed by atoms with Crippen LogP contribution in [0.2, 0.25) is 0 Å². The minimum Gasteiger partial charge on any atom is -0.493 e. The van der Waals surface area contributed by atoms with Gasteiger partial charge in [-0.15, -0.1) is 0 Å². The molecule has 30 heavy (non-hydrogen) atoms. The number of ether oxygens (including phenoxy) is 2. The molecule has 1 unspecified atom stereocenters. The van der Waals surface area contributed by atoms with Gasteiger partial charge in [0.05, 0.1) is 31.5 Å². The third-order valence-electron chi connectivity index (χ3n) is 4.86. The highest BCUT2D eigenvalue weighted by molar-refractivity contribution is 5.91. The van der Waals surface area contributed by atoms with Crippen LogP contribution in [0.1, 0.15) is 22.9 Å². The van der Waals surface area contributed by atoms with E-state index in [0.717, 1.165) is 16.8 Å². The molecule has 0 saturated carbocycles. The molecule has 0 bridgehead atoms. The van der Waals surface area contributed by atoms with Crippen molar-refractivity contribution in [3.63, 3.8) is 0 Å². The number of nitrogens with one attached hydrogen (secondary N) is 1. The maximum Gasteiger partial charge on any atom is 0.226 e. The van der Waals surface area contributed by atoms with E-state index in [2.05, 4.69) is 45.4 Å². The third kappa shape index (κ3) is 3.82. The second-order valence-corrected chi connectivity index (χ2v) is 6.90. The van der Waals surface area contributed by atoms with E-state index in [-0.39, 0.29) is 6.04 Å². The highest BCUT2D eigenvalue weighted by Crippen LogP contribution is 2.34. The molecule has 7 nitrogen and oxygen atoms in total. The number of nitrogens with zero attached hydrogens (tertiary/aromatic N) is 3. The van der Waals surface area contributed by atoms with Crippen molar-refractivity contribution in [3.05, 3.63) is 77.6 Å². The van der Waals surface area contributed by atoms with Gasteiger partial charge in [-0.2, -0.15) is 4.98 Å². The predicted molar refractivity (Wildman–Crippen MR) is 118 cm³/mol. The van der Waals surface area contributed by atoms with Crippen LogP contribution in [0.3, 0.4) is 0 Å². The first-order valence-electron chi connectivity index (χ1n) is 9.52. The Morgan fingerprint density at radius 3 is 2.43 bits per heavy atom. The number of nitrogens with two attached hydrogens (primary N) is 1. The Morgan fingerprint density at radius 2 is 1.73 bits per heavy atom. The molecule has 152 valence electrons. The highest BCUT2D eigenvalue weighted by atomic mass is 16.5. The molecule has 0 amide bonds. The molecular weight excluding hydrogens is 378 g/mol. The zero-order valence-corrected chi connectivity index (χ0v) is 17.1. The Balaban J connectivity index is 1.79. The largest absolute Gasteiger partial charge is 0.493 e. The highest BCUT2D eigenvalue weighted by Gasteiger charge is 2.18. The molecule has 0 aliphatic carbocycles. The zero-order chi connectivity index (χ0) is 21.1. The zero-order valence-electron chi connectivity index (χ0n) is 17.1. The molecule has 2 aromatic heterocycles. The summed E-state index contributed by atoms with van der Waals surface area (Å²) >= 11 is 0. The molecule has 4 aromatic rings. The molecule has 4 rings (SSSR count). The minimum atomic E-state index is -0.233. The van der Waals surface area contributed by atoms with Gasteiger partial charge in [0.15, 0.2) is 11.5 Å². The number of methoxy groups -OCH3 is 2. The van der Waals surface area contributed by atoms with Crippen molar-refractivity contribution in [2.75, 3.05) is 25.3 Å². The van der Waals surface area contributed by atoms with Crippen LogP contribution < -0.4 is 20.5 Å². The first-order chi connectivity index (χ1) is 14.6. The van der Waals surface area contributed by atoms with Crippen LogP contribution in [0, 0.1) is 6.92 Å². The van der Waals surface area contributed by atoms with Crippen molar-refractivity contribution in [2.45, 2.75) is 13.0 Å². The number of benzene rings is 2. The predicted octanol–water partition coefficient (Wildman–Crippen LogP) is 4.13. The summed E-state index contributed by atoms with van der Waals surface area (Å²) in [5.74, 6) is 1.91. The number of fused-ring (bicyclic) bond motifs is 1. The standard InChI is InChI=1S/C23H23N5O2/c1-14-7-6-8-15(11-14)21(17-9-4-5-10-25-17)27-23-26-18-13-20(30-3)19(29-2)12-16(18)22(24)28-23/h4-13,21H,1-3H3,(H3,24,26,27,28). The lowest BCUT2D eigenvalue weighted by molar-refractivity contribution is 0.356. The second-order valence-electron chi connectivity index (χ2n) is 6.90. The lowest BCUT2D eigenvalue weighted by atomic mass is 10.0. The van der Waals surface area contributed by atoms with Crippen LogP contribution in [-0.2, 0) is 0 Å². The first kappa shape index (κ1) is 19.4. The lowest BCUT2D eigenvalue weighted by Crippen LogP contribution is -2.16. The molecule has 1 atom stereocenters. The van der Waals surface area contributed by atoms with Crippen molar-refractivity contribution in [2.24, 2.45) is 0 Å². The van der Waals surface area contributed by atoms with Crippen molar-refractivity contribution in [1.82, 2.24) is 15.0 Å². The summed E-state index contributed by atoms with van der Waals surface area (Å²) in [4.78, 5) is 13.7. The van der Waals surface area contributed by atoms with Crippen molar-refractivity contribution < 1.29 is 9.47 Å². The summed E-state index contributed by atoms with van der Waals surface area (Å²) in [6.07, 6.45) is 1.77. The number of anilines is 2. The molecule has 0 aliphatic heterocycles. The molecule has 0 aliphatic rings. The van der Waals surface area contributed by atoms with Gasteiger partial charge >= 0.3 is 0 Å². The second kappa shape index (κ2) is 8.24. The van der Waals surface area contributed by atoms with E-state index in [9.17, 15) is 0 Å². The van der Waals surface area contributed by atoms with Gasteiger partial charge in [0.2, 0.25) is 5.95 Å². The number of hydrogen-bond donors (Lipinski definition) is 2. The molecule has 0 saturated heterocycles. The van der Waals surface area contributed by atoms with Crippen LogP contribution in [0.5, 0.6) is 11.5 Å². The fourth-order valence-electron chi connectivity index (χ4n) is 3.40. The Morgan fingerprint density at radius 1 is 0.933 bits per heavy atom. The number of aromatic nitrogens is 3. The van der Waals surface area contributed by atoms with Gasteiger partial charge in [-0.1, -0.05) is 35.9 Å². The van der Waals surface area contributed by atoms with Gasteiger partial charge in [-0.25, -0.2) is 4.98 Å². The monoisotopic (exact) mass is 401 g/mol. The van der Waals surface area contributed by atoms with Gasteiger partial charge in [0.25, 0.3) is 0 Å². The van der Waals surface area contributed by atoms with Crippen LogP contribution in [0.25, 0.3) is 10.9 Å². The third-order valence-corrected chi connectivity index (χ3v) is 4.86. The Hall–Kier alpha value is -3.87. The number of pyridine rings is 1. The molecule has 7 heteroatoms. The molecular formula is C23H23N5O2. The molecule has 3 N–H and O–H groups in total. The van der Waals surface area contributed by atoms with E-state index in [4.69, 9.17) is 15.2 Å². The number of aryl methyl sites for hydroxylation is 1. The van der Waals surface area contributed by atoms with Gasteiger partial charge < -0.3 is 20.5 Å². The van der Waals surface area contributed by atoms with Gasteiger partial charge in [0.1, 0.15) is 5.82 Å². The summed E-state index contributed by atoms with van der Waals surface area (Å²) in [6.45, 7) is 2.06. The van der Waals surface area contributed by atoms with E-state index in [1.54, 1.807) is 32.5 Å². The average molecular weight is 401 g/mol. The maximum atomic E-state index is 6.25. The SMILES string of the molecule is COc1cc2nc(NC(c3cccc(C)c3)c3ccccn3)nc(N)c2cc1OC. The van der Waals surface area contributed by atoms with Crippen LogP contribution in [0.15, 0.2) is 60.8 Å². The fraction of sp³-hybridized carbons (Fsp3) is 0.174. The molecule has 0 spiro atoms. The summed E-state index contributed by atoms with van der Waals surface area (Å²) in [6, 6.07) is 17.4.